The molecule has 2 aromatic carbocycles. The molecule has 0 spiro atoms. The predicted octanol–water partition coefficient (Wildman–Crippen LogP) is 3.36. The van der Waals surface area contributed by atoms with E-state index in [-0.39, 0.29) is 16.1 Å². The molecule has 6 nitrogen and oxygen atoms in total. The van der Waals surface area contributed by atoms with E-state index in [0.29, 0.717) is 11.1 Å². The van der Waals surface area contributed by atoms with E-state index in [4.69, 9.17) is 0 Å². The lowest BCUT2D eigenvalue weighted by Crippen LogP contribution is -2.21. The van der Waals surface area contributed by atoms with Gasteiger partial charge < -0.3 is 10.1 Å². The van der Waals surface area contributed by atoms with E-state index < -0.39 is 28.0 Å². The van der Waals surface area contributed by atoms with Crippen molar-refractivity contribution < 1.29 is 31.1 Å². The first-order valence-corrected chi connectivity index (χ1v) is 9.13. The molecule has 0 saturated carbocycles. The highest BCUT2D eigenvalue weighted by molar-refractivity contribution is 7.89. The maximum Gasteiger partial charge on any atom is 0.573 e. The van der Waals surface area contributed by atoms with Gasteiger partial charge in [0.15, 0.2) is 0 Å². The highest BCUT2D eigenvalue weighted by Gasteiger charge is 2.31. The van der Waals surface area contributed by atoms with Gasteiger partial charge in [0.1, 0.15) is 5.75 Å². The van der Waals surface area contributed by atoms with Crippen LogP contribution in [-0.4, -0.2) is 27.7 Å². The first-order chi connectivity index (χ1) is 12.4. The number of carbonyl (C=O) groups excluding carboxylic acids is 1. The van der Waals surface area contributed by atoms with Crippen LogP contribution in [0.4, 0.5) is 18.9 Å². The summed E-state index contributed by atoms with van der Waals surface area (Å²) in [5, 5.41) is 2.50. The second-order valence-corrected chi connectivity index (χ2v) is 7.51. The van der Waals surface area contributed by atoms with Crippen molar-refractivity contribution in [2.24, 2.45) is 0 Å². The first-order valence-electron chi connectivity index (χ1n) is 7.65. The van der Waals surface area contributed by atoms with Crippen molar-refractivity contribution in [3.63, 3.8) is 0 Å². The summed E-state index contributed by atoms with van der Waals surface area (Å²) in [6.45, 7) is 3.30. The Labute approximate surface area is 154 Å². The van der Waals surface area contributed by atoms with Crippen LogP contribution in [0.15, 0.2) is 41.3 Å². The second kappa shape index (κ2) is 7.57. The molecular formula is C17H17F3N2O4S. The van der Waals surface area contributed by atoms with E-state index in [0.717, 1.165) is 12.1 Å². The van der Waals surface area contributed by atoms with Crippen LogP contribution in [0.3, 0.4) is 0 Å². The van der Waals surface area contributed by atoms with Gasteiger partial charge in [0, 0.05) is 11.3 Å². The van der Waals surface area contributed by atoms with Crippen molar-refractivity contribution in [2.45, 2.75) is 25.1 Å². The van der Waals surface area contributed by atoms with Gasteiger partial charge in [0.2, 0.25) is 10.0 Å². The average molecular weight is 402 g/mol. The standard InChI is InChI=1S/C17H17F3N2O4S/c1-10-8-12(9-15(11(10)2)27(24,25)21-3)16(23)22-13-4-6-14(7-5-13)26-17(18,19)20/h4-9,21H,1-3H3,(H,22,23). The van der Waals surface area contributed by atoms with Crippen LogP contribution >= 0.6 is 0 Å². The largest absolute Gasteiger partial charge is 0.573 e. The van der Waals surface area contributed by atoms with Crippen molar-refractivity contribution >= 4 is 21.6 Å². The zero-order valence-electron chi connectivity index (χ0n) is 14.6. The summed E-state index contributed by atoms with van der Waals surface area (Å²) in [4.78, 5) is 12.4. The Morgan fingerprint density at radius 1 is 1.07 bits per heavy atom. The Bertz CT molecular complexity index is 955. The van der Waals surface area contributed by atoms with Gasteiger partial charge in [-0.3, -0.25) is 4.79 Å². The molecule has 146 valence electrons. The summed E-state index contributed by atoms with van der Waals surface area (Å²) >= 11 is 0. The number of hydrogen-bond donors (Lipinski definition) is 2. The summed E-state index contributed by atoms with van der Waals surface area (Å²) in [7, 11) is -2.49. The van der Waals surface area contributed by atoms with Crippen LogP contribution in [0.2, 0.25) is 0 Å². The monoisotopic (exact) mass is 402 g/mol. The summed E-state index contributed by atoms with van der Waals surface area (Å²) in [5.74, 6) is -1.02. The summed E-state index contributed by atoms with van der Waals surface area (Å²) in [6.07, 6.45) is -4.81. The van der Waals surface area contributed by atoms with Crippen molar-refractivity contribution in [3.8, 4) is 5.75 Å². The third-order valence-corrected chi connectivity index (χ3v) is 5.33. The second-order valence-electron chi connectivity index (χ2n) is 5.65. The molecule has 2 N–H and O–H groups in total. The summed E-state index contributed by atoms with van der Waals surface area (Å²) < 4.78 is 66.7. The topological polar surface area (TPSA) is 84.5 Å². The Morgan fingerprint density at radius 3 is 2.19 bits per heavy atom. The SMILES string of the molecule is CNS(=O)(=O)c1cc(C(=O)Nc2ccc(OC(F)(F)F)cc2)cc(C)c1C. The minimum atomic E-state index is -4.81. The average Bonchev–Trinajstić information content (AvgIpc) is 2.57. The maximum absolute atomic E-state index is 12.4. The molecule has 0 radical (unpaired) electrons. The third kappa shape index (κ3) is 5.20. The predicted molar refractivity (Wildman–Crippen MR) is 93.2 cm³/mol. The Balaban J connectivity index is 2.26. The third-order valence-electron chi connectivity index (χ3n) is 3.79. The number of halogens is 3. The van der Waals surface area contributed by atoms with E-state index in [1.54, 1.807) is 13.8 Å². The van der Waals surface area contributed by atoms with E-state index in [2.05, 4.69) is 14.8 Å². The zero-order valence-corrected chi connectivity index (χ0v) is 15.5. The molecule has 1 amide bonds. The first kappa shape index (κ1) is 20.7. The Kier molecular flexibility index (Phi) is 5.81. The fraction of sp³-hybridized carbons (Fsp3) is 0.235. The number of rotatable bonds is 5. The van der Waals surface area contributed by atoms with Gasteiger partial charge in [-0.15, -0.1) is 13.2 Å². The van der Waals surface area contributed by atoms with Gasteiger partial charge in [-0.1, -0.05) is 0 Å². The lowest BCUT2D eigenvalue weighted by molar-refractivity contribution is -0.274. The van der Waals surface area contributed by atoms with Crippen LogP contribution in [0.1, 0.15) is 21.5 Å². The van der Waals surface area contributed by atoms with Gasteiger partial charge >= 0.3 is 6.36 Å². The molecule has 0 aliphatic heterocycles. The molecule has 0 bridgehead atoms. The fourth-order valence-electron chi connectivity index (χ4n) is 2.29. The van der Waals surface area contributed by atoms with E-state index in [1.165, 1.54) is 31.3 Å². The highest BCUT2D eigenvalue weighted by atomic mass is 32.2. The Morgan fingerprint density at radius 2 is 1.67 bits per heavy atom. The molecule has 2 aromatic rings. The number of ether oxygens (including phenoxy) is 1. The molecule has 0 saturated heterocycles. The van der Waals surface area contributed by atoms with Gasteiger partial charge in [-0.05, 0) is 68.4 Å². The van der Waals surface area contributed by atoms with Crippen molar-refractivity contribution in [3.05, 3.63) is 53.1 Å². The number of sulfonamides is 1. The highest BCUT2D eigenvalue weighted by Crippen LogP contribution is 2.25. The molecule has 27 heavy (non-hydrogen) atoms. The molecule has 0 atom stereocenters. The van der Waals surface area contributed by atoms with Gasteiger partial charge in [0.25, 0.3) is 5.91 Å². The molecule has 0 unspecified atom stereocenters. The quantitative estimate of drug-likeness (QED) is 0.803. The smallest absolute Gasteiger partial charge is 0.406 e. The van der Waals surface area contributed by atoms with Crippen LogP contribution in [0.25, 0.3) is 0 Å². The van der Waals surface area contributed by atoms with Crippen LogP contribution < -0.4 is 14.8 Å². The minimum Gasteiger partial charge on any atom is -0.406 e. The lowest BCUT2D eigenvalue weighted by atomic mass is 10.1. The number of amides is 1. The van der Waals surface area contributed by atoms with Gasteiger partial charge in [-0.25, -0.2) is 13.1 Å². The number of anilines is 1. The number of nitrogens with one attached hydrogen (secondary N) is 2. The number of alkyl halides is 3. The van der Waals surface area contributed by atoms with Crippen molar-refractivity contribution in [1.29, 1.82) is 0 Å². The number of aryl methyl sites for hydroxylation is 1. The Hall–Kier alpha value is -2.59. The molecule has 0 heterocycles. The normalized spacial score (nSPS) is 11.9. The fourth-order valence-corrected chi connectivity index (χ4v) is 3.36. The van der Waals surface area contributed by atoms with E-state index in [1.807, 2.05) is 0 Å². The van der Waals surface area contributed by atoms with Crippen molar-refractivity contribution in [2.75, 3.05) is 12.4 Å². The van der Waals surface area contributed by atoms with Crippen LogP contribution in [0, 0.1) is 13.8 Å². The molecule has 0 aliphatic carbocycles. The number of hydrogen-bond acceptors (Lipinski definition) is 4. The van der Waals surface area contributed by atoms with E-state index in [9.17, 15) is 26.4 Å². The maximum atomic E-state index is 12.4. The molecule has 10 heteroatoms. The van der Waals surface area contributed by atoms with Crippen LogP contribution in [0.5, 0.6) is 5.75 Å². The lowest BCUT2D eigenvalue weighted by Gasteiger charge is -2.13. The van der Waals surface area contributed by atoms with Crippen LogP contribution in [-0.2, 0) is 10.0 Å². The molecule has 0 aliphatic rings. The molecule has 0 fully saturated rings. The van der Waals surface area contributed by atoms with E-state index >= 15 is 0 Å². The molecule has 0 aromatic heterocycles. The number of benzene rings is 2. The molecule has 2 rings (SSSR count). The summed E-state index contributed by atoms with van der Waals surface area (Å²) in [5.41, 5.74) is 1.44. The van der Waals surface area contributed by atoms with Gasteiger partial charge in [0.05, 0.1) is 4.90 Å². The molecular weight excluding hydrogens is 385 g/mol. The number of carbonyl (C=O) groups is 1. The van der Waals surface area contributed by atoms with Crippen molar-refractivity contribution in [1.82, 2.24) is 4.72 Å². The summed E-state index contributed by atoms with van der Waals surface area (Å²) in [6, 6.07) is 7.36. The van der Waals surface area contributed by atoms with Gasteiger partial charge in [-0.2, -0.15) is 0 Å². The minimum absolute atomic E-state index is 0.0240. The zero-order chi connectivity index (χ0) is 20.4.